The van der Waals surface area contributed by atoms with Crippen LogP contribution in [0.2, 0.25) is 5.02 Å². The van der Waals surface area contributed by atoms with Gasteiger partial charge in [0.05, 0.1) is 29.5 Å². The van der Waals surface area contributed by atoms with Gasteiger partial charge in [-0.25, -0.2) is 4.68 Å². The number of thioether (sulfide) groups is 1. The molecule has 0 aliphatic carbocycles. The third-order valence-corrected chi connectivity index (χ3v) is 6.00. The van der Waals surface area contributed by atoms with Crippen molar-refractivity contribution in [1.29, 1.82) is 0 Å². The van der Waals surface area contributed by atoms with E-state index >= 15 is 0 Å². The summed E-state index contributed by atoms with van der Waals surface area (Å²) in [4.78, 5) is 12.4. The highest BCUT2D eigenvalue weighted by Gasteiger charge is 2.32. The molecule has 2 heterocycles. The van der Waals surface area contributed by atoms with Gasteiger partial charge in [-0.1, -0.05) is 29.8 Å². The number of methoxy groups -OCH3 is 1. The fraction of sp³-hybridized carbons (Fsp3) is 0.200. The van der Waals surface area contributed by atoms with Crippen molar-refractivity contribution in [1.82, 2.24) is 9.78 Å². The second-order valence-corrected chi connectivity index (χ2v) is 7.75. The lowest BCUT2D eigenvalue weighted by molar-refractivity contribution is -0.113. The summed E-state index contributed by atoms with van der Waals surface area (Å²) in [6.45, 7) is 1.96. The van der Waals surface area contributed by atoms with Crippen LogP contribution >= 0.6 is 23.4 Å². The van der Waals surface area contributed by atoms with Gasteiger partial charge in [0.1, 0.15) is 11.6 Å². The van der Waals surface area contributed by atoms with Gasteiger partial charge in [-0.05, 0) is 37.3 Å². The number of hydrogen-bond donors (Lipinski definition) is 1. The first-order valence-electron chi connectivity index (χ1n) is 8.48. The predicted molar refractivity (Wildman–Crippen MR) is 109 cm³/mol. The SMILES string of the molecule is COc1ccccc1[C@@H]1SCC(=O)Nc2c1c(C)nn2-c1ccc(Cl)cc1. The maximum atomic E-state index is 12.4. The van der Waals surface area contributed by atoms with Crippen LogP contribution in [0.1, 0.15) is 22.1 Å². The van der Waals surface area contributed by atoms with Gasteiger partial charge in [0.25, 0.3) is 0 Å². The van der Waals surface area contributed by atoms with E-state index < -0.39 is 0 Å². The number of aromatic nitrogens is 2. The van der Waals surface area contributed by atoms with Gasteiger partial charge in [0, 0.05) is 16.1 Å². The molecule has 0 bridgehead atoms. The predicted octanol–water partition coefficient (Wildman–Crippen LogP) is 4.62. The number of benzene rings is 2. The van der Waals surface area contributed by atoms with Crippen molar-refractivity contribution in [2.45, 2.75) is 12.2 Å². The number of fused-ring (bicyclic) bond motifs is 1. The normalized spacial score (nSPS) is 16.4. The number of carbonyl (C=O) groups is 1. The molecule has 5 nitrogen and oxygen atoms in total. The monoisotopic (exact) mass is 399 g/mol. The number of aryl methyl sites for hydroxylation is 1. The molecule has 0 fully saturated rings. The highest BCUT2D eigenvalue weighted by atomic mass is 35.5. The molecule has 0 saturated heterocycles. The minimum Gasteiger partial charge on any atom is -0.496 e. The molecule has 0 radical (unpaired) electrons. The maximum Gasteiger partial charge on any atom is 0.235 e. The van der Waals surface area contributed by atoms with Gasteiger partial charge in [0.2, 0.25) is 5.91 Å². The van der Waals surface area contributed by atoms with Crippen molar-refractivity contribution in [3.8, 4) is 11.4 Å². The number of halogens is 1. The molecule has 0 unspecified atom stereocenters. The van der Waals surface area contributed by atoms with Gasteiger partial charge < -0.3 is 10.1 Å². The number of anilines is 1. The van der Waals surface area contributed by atoms with Crippen molar-refractivity contribution in [3.63, 3.8) is 0 Å². The van der Waals surface area contributed by atoms with E-state index in [-0.39, 0.29) is 11.2 Å². The first kappa shape index (κ1) is 17.9. The number of para-hydroxylation sites is 1. The quantitative estimate of drug-likeness (QED) is 0.698. The third kappa shape index (κ3) is 3.31. The number of ether oxygens (including phenoxy) is 1. The fourth-order valence-corrected chi connectivity index (χ4v) is 4.62. The summed E-state index contributed by atoms with van der Waals surface area (Å²) in [6, 6.07) is 15.3. The molecule has 0 saturated carbocycles. The van der Waals surface area contributed by atoms with Gasteiger partial charge in [-0.2, -0.15) is 5.10 Å². The Kier molecular flexibility index (Phi) is 4.85. The first-order chi connectivity index (χ1) is 13.1. The summed E-state index contributed by atoms with van der Waals surface area (Å²) >= 11 is 7.59. The van der Waals surface area contributed by atoms with Gasteiger partial charge in [0.15, 0.2) is 0 Å². The summed E-state index contributed by atoms with van der Waals surface area (Å²) in [6.07, 6.45) is 0. The van der Waals surface area contributed by atoms with Crippen LogP contribution in [0.3, 0.4) is 0 Å². The molecular weight excluding hydrogens is 382 g/mol. The Morgan fingerprint density at radius 1 is 1.22 bits per heavy atom. The summed E-state index contributed by atoms with van der Waals surface area (Å²) in [5.41, 5.74) is 3.73. The maximum absolute atomic E-state index is 12.4. The number of rotatable bonds is 3. The van der Waals surface area contributed by atoms with E-state index in [1.807, 2.05) is 55.5 Å². The summed E-state index contributed by atoms with van der Waals surface area (Å²) in [7, 11) is 1.66. The molecule has 27 heavy (non-hydrogen) atoms. The van der Waals surface area contributed by atoms with E-state index in [1.165, 1.54) is 0 Å². The Bertz CT molecular complexity index is 1000. The Hall–Kier alpha value is -2.44. The molecule has 138 valence electrons. The molecule has 3 aromatic rings. The second-order valence-electron chi connectivity index (χ2n) is 6.22. The number of hydrogen-bond acceptors (Lipinski definition) is 4. The molecule has 1 aliphatic rings. The number of amides is 1. The van der Waals surface area contributed by atoms with Crippen molar-refractivity contribution in [2.24, 2.45) is 0 Å². The van der Waals surface area contributed by atoms with Crippen LogP contribution in [0.25, 0.3) is 5.69 Å². The zero-order valence-corrected chi connectivity index (χ0v) is 16.5. The number of carbonyl (C=O) groups excluding carboxylic acids is 1. The van der Waals surface area contributed by atoms with Crippen LogP contribution in [0, 0.1) is 6.92 Å². The minimum atomic E-state index is -0.0591. The van der Waals surface area contributed by atoms with Crippen LogP contribution in [0.5, 0.6) is 5.75 Å². The molecule has 1 aromatic heterocycles. The van der Waals surface area contributed by atoms with Crippen LogP contribution in [0.4, 0.5) is 5.82 Å². The first-order valence-corrected chi connectivity index (χ1v) is 9.91. The Morgan fingerprint density at radius 2 is 1.96 bits per heavy atom. The zero-order valence-electron chi connectivity index (χ0n) is 14.9. The molecule has 1 N–H and O–H groups in total. The van der Waals surface area contributed by atoms with E-state index in [4.69, 9.17) is 21.4 Å². The van der Waals surface area contributed by atoms with Crippen LogP contribution in [-0.2, 0) is 4.79 Å². The molecule has 7 heteroatoms. The van der Waals surface area contributed by atoms with E-state index in [0.717, 1.165) is 28.3 Å². The van der Waals surface area contributed by atoms with Crippen molar-refractivity contribution in [3.05, 3.63) is 70.4 Å². The van der Waals surface area contributed by atoms with Crippen molar-refractivity contribution in [2.75, 3.05) is 18.2 Å². The van der Waals surface area contributed by atoms with Crippen LogP contribution < -0.4 is 10.1 Å². The van der Waals surface area contributed by atoms with Gasteiger partial charge >= 0.3 is 0 Å². The minimum absolute atomic E-state index is 0.0474. The molecular formula is C20H18ClN3O2S. The second kappa shape index (κ2) is 7.29. The van der Waals surface area contributed by atoms with Gasteiger partial charge in [-0.3, -0.25) is 4.79 Å². The fourth-order valence-electron chi connectivity index (χ4n) is 3.28. The van der Waals surface area contributed by atoms with E-state index in [9.17, 15) is 4.79 Å². The van der Waals surface area contributed by atoms with Gasteiger partial charge in [-0.15, -0.1) is 11.8 Å². The standard InChI is InChI=1S/C20H18ClN3O2S/c1-12-18-19(15-5-3-4-6-16(15)26-2)27-11-17(25)22-20(18)24(23-12)14-9-7-13(21)8-10-14/h3-10,19H,11H2,1-2H3,(H,22,25)/t19-/m0/s1. The van der Waals surface area contributed by atoms with Crippen molar-refractivity contribution >= 4 is 35.1 Å². The Balaban J connectivity index is 1.90. The van der Waals surface area contributed by atoms with E-state index in [1.54, 1.807) is 23.6 Å². The molecule has 2 aromatic carbocycles. The zero-order chi connectivity index (χ0) is 19.0. The number of nitrogens with one attached hydrogen (secondary N) is 1. The molecule has 4 rings (SSSR count). The molecule has 1 aliphatic heterocycles. The van der Waals surface area contributed by atoms with Crippen molar-refractivity contribution < 1.29 is 9.53 Å². The Morgan fingerprint density at radius 3 is 2.70 bits per heavy atom. The topological polar surface area (TPSA) is 56.1 Å². The molecule has 0 spiro atoms. The summed E-state index contributed by atoms with van der Waals surface area (Å²) in [5, 5.41) is 8.33. The highest BCUT2D eigenvalue weighted by molar-refractivity contribution is 8.00. The van der Waals surface area contributed by atoms with E-state index in [2.05, 4.69) is 5.32 Å². The average Bonchev–Trinajstić information content (AvgIpc) is 2.88. The summed E-state index contributed by atoms with van der Waals surface area (Å²) in [5.74, 6) is 1.81. The highest BCUT2D eigenvalue weighted by Crippen LogP contribution is 2.46. The third-order valence-electron chi connectivity index (χ3n) is 4.50. The summed E-state index contributed by atoms with van der Waals surface area (Å²) < 4.78 is 7.34. The largest absolute Gasteiger partial charge is 0.496 e. The Labute approximate surface area is 166 Å². The number of nitrogens with zero attached hydrogens (tertiary/aromatic N) is 2. The molecule has 1 atom stereocenters. The average molecular weight is 400 g/mol. The lowest BCUT2D eigenvalue weighted by Gasteiger charge is -2.18. The van der Waals surface area contributed by atoms with E-state index in [0.29, 0.717) is 16.6 Å². The van der Waals surface area contributed by atoms with Crippen LogP contribution in [0.15, 0.2) is 48.5 Å². The smallest absolute Gasteiger partial charge is 0.235 e. The molecule has 1 amide bonds. The lowest BCUT2D eigenvalue weighted by Crippen LogP contribution is -2.15. The lowest BCUT2D eigenvalue weighted by atomic mass is 10.0. The van der Waals surface area contributed by atoms with Crippen LogP contribution in [-0.4, -0.2) is 28.6 Å².